The Kier molecular flexibility index (Phi) is 9.12. The Morgan fingerprint density at radius 3 is 2.10 bits per heavy atom. The molecule has 4 heterocycles. The summed E-state index contributed by atoms with van der Waals surface area (Å²) in [7, 11) is 0. The van der Waals surface area contributed by atoms with Crippen LogP contribution < -0.4 is 4.74 Å². The van der Waals surface area contributed by atoms with Gasteiger partial charge in [0.15, 0.2) is 5.58 Å². The van der Waals surface area contributed by atoms with Crippen molar-refractivity contribution in [1.82, 2.24) is 4.98 Å². The van der Waals surface area contributed by atoms with E-state index in [2.05, 4.69) is 66.1 Å². The normalized spacial score (nSPS) is 11.5. The standard InChI is InChI=1S/C37H22N6O2S3/c1-21-10-27(12-25(18-40)20-44-31-6-4-23(16-38)13-29(31)42-3)46-35(21)33-8-9-34(48-33)36-22(2)11-28(47-36)15-26(19-41)37-43-30-14-24(17-39)5-7-32(30)45-37/h4-15H,3,20H2,1-2H3/b25-12+,26-15+. The van der Waals surface area contributed by atoms with Gasteiger partial charge in [-0.25, -0.2) is 4.98 Å². The Morgan fingerprint density at radius 2 is 1.48 bits per heavy atom. The van der Waals surface area contributed by atoms with Crippen LogP contribution >= 0.6 is 34.0 Å². The Labute approximate surface area is 288 Å². The molecule has 0 radical (unpaired) electrons. The number of nitrogens with zero attached hydrogens (tertiary/aromatic N) is 6. The van der Waals surface area contributed by atoms with Gasteiger partial charge < -0.3 is 9.15 Å². The van der Waals surface area contributed by atoms with E-state index in [-0.39, 0.29) is 12.5 Å². The third-order valence-corrected chi connectivity index (χ3v) is 11.0. The molecule has 0 aliphatic rings. The first-order chi connectivity index (χ1) is 23.3. The lowest BCUT2D eigenvalue weighted by molar-refractivity contribution is 0.358. The Hall–Kier alpha value is -6.08. The molecule has 6 rings (SSSR count). The Balaban J connectivity index is 1.21. The summed E-state index contributed by atoms with van der Waals surface area (Å²) in [6.45, 7) is 7.70. The van der Waals surface area contributed by atoms with Gasteiger partial charge in [0.05, 0.1) is 34.9 Å². The maximum atomic E-state index is 9.90. The molecule has 0 aliphatic carbocycles. The number of rotatable bonds is 9. The molecule has 0 saturated heterocycles. The van der Waals surface area contributed by atoms with Gasteiger partial charge in [-0.3, -0.25) is 4.99 Å². The molecule has 6 aromatic rings. The number of allylic oxidation sites excluding steroid dienone is 1. The third-order valence-electron chi connectivity index (χ3n) is 7.18. The van der Waals surface area contributed by atoms with Crippen LogP contribution in [0.3, 0.4) is 0 Å². The largest absolute Gasteiger partial charge is 0.486 e. The van der Waals surface area contributed by atoms with Crippen molar-refractivity contribution in [1.29, 1.82) is 21.0 Å². The lowest BCUT2D eigenvalue weighted by Gasteiger charge is -2.08. The van der Waals surface area contributed by atoms with Crippen molar-refractivity contribution in [2.24, 2.45) is 4.99 Å². The van der Waals surface area contributed by atoms with E-state index in [9.17, 15) is 15.8 Å². The minimum Gasteiger partial charge on any atom is -0.486 e. The minimum atomic E-state index is 0.0524. The Bertz CT molecular complexity index is 2460. The lowest BCUT2D eigenvalue weighted by Crippen LogP contribution is -2.00. The second-order valence-electron chi connectivity index (χ2n) is 10.5. The molecule has 2 aromatic carbocycles. The van der Waals surface area contributed by atoms with Crippen LogP contribution in [-0.4, -0.2) is 18.3 Å². The van der Waals surface area contributed by atoms with Crippen LogP contribution in [0.2, 0.25) is 0 Å². The maximum absolute atomic E-state index is 9.90. The molecule has 0 amide bonds. The van der Waals surface area contributed by atoms with Crippen LogP contribution in [0.1, 0.15) is 37.9 Å². The average Bonchev–Trinajstić information content (AvgIpc) is 3.90. The van der Waals surface area contributed by atoms with Gasteiger partial charge in [0.25, 0.3) is 0 Å². The monoisotopic (exact) mass is 678 g/mol. The summed E-state index contributed by atoms with van der Waals surface area (Å²) in [5.74, 6) is 0.664. The molecule has 8 nitrogen and oxygen atoms in total. The molecule has 0 spiro atoms. The molecule has 11 heteroatoms. The topological polar surface area (TPSA) is 143 Å². The average molecular weight is 679 g/mol. The number of thiophene rings is 3. The van der Waals surface area contributed by atoms with E-state index in [4.69, 9.17) is 14.4 Å². The summed E-state index contributed by atoms with van der Waals surface area (Å²) in [4.78, 5) is 14.7. The van der Waals surface area contributed by atoms with Crippen LogP contribution in [0.5, 0.6) is 5.75 Å². The van der Waals surface area contributed by atoms with E-state index < -0.39 is 0 Å². The molecule has 0 aliphatic heterocycles. The zero-order valence-electron chi connectivity index (χ0n) is 25.6. The van der Waals surface area contributed by atoms with Crippen LogP contribution in [0.25, 0.3) is 48.3 Å². The summed E-state index contributed by atoms with van der Waals surface area (Å²) in [6.07, 6.45) is 3.61. The predicted octanol–water partition coefficient (Wildman–Crippen LogP) is 10.1. The van der Waals surface area contributed by atoms with Crippen molar-refractivity contribution in [3.05, 3.63) is 104 Å². The minimum absolute atomic E-state index is 0.0524. The molecule has 0 N–H and O–H groups in total. The fraction of sp³-hybridized carbons (Fsp3) is 0.0811. The molecule has 48 heavy (non-hydrogen) atoms. The summed E-state index contributed by atoms with van der Waals surface area (Å²) in [5.41, 5.74) is 5.37. The molecule has 0 fully saturated rings. The Morgan fingerprint density at radius 1 is 0.833 bits per heavy atom. The molecular weight excluding hydrogens is 657 g/mol. The summed E-state index contributed by atoms with van der Waals surface area (Å²) in [5, 5.41) is 38.0. The summed E-state index contributed by atoms with van der Waals surface area (Å²) < 4.78 is 11.7. The first-order valence-corrected chi connectivity index (χ1v) is 16.8. The number of hydrogen-bond acceptors (Lipinski definition) is 11. The molecule has 4 aromatic heterocycles. The smallest absolute Gasteiger partial charge is 0.238 e. The number of aliphatic imine (C=N–C) groups is 1. The molecule has 230 valence electrons. The van der Waals surface area contributed by atoms with Crippen molar-refractivity contribution in [3.8, 4) is 49.5 Å². The summed E-state index contributed by atoms with van der Waals surface area (Å²) in [6, 6.07) is 26.8. The van der Waals surface area contributed by atoms with E-state index in [0.29, 0.717) is 44.8 Å². The van der Waals surface area contributed by atoms with E-state index in [0.717, 1.165) is 40.4 Å². The number of aryl methyl sites for hydroxylation is 2. The van der Waals surface area contributed by atoms with Crippen molar-refractivity contribution >= 4 is 75.2 Å². The van der Waals surface area contributed by atoms with Crippen LogP contribution in [0.4, 0.5) is 5.69 Å². The van der Waals surface area contributed by atoms with Gasteiger partial charge in [0.1, 0.15) is 35.2 Å². The highest BCUT2D eigenvalue weighted by Gasteiger charge is 2.16. The SMILES string of the molecule is C=Nc1cc(C#N)ccc1OC/C(C#N)=C/c1cc(C)c(-c2ccc(-c3sc(/C=C(\C#N)c4nc5cc(C#N)ccc5o4)cc3C)s2)s1. The number of aromatic nitrogens is 1. The number of oxazole rings is 1. The van der Waals surface area contributed by atoms with Crippen LogP contribution in [-0.2, 0) is 0 Å². The zero-order chi connectivity index (χ0) is 33.8. The van der Waals surface area contributed by atoms with Gasteiger partial charge in [-0.1, -0.05) is 0 Å². The van der Waals surface area contributed by atoms with E-state index in [1.54, 1.807) is 76.5 Å². The quantitative estimate of drug-likeness (QED) is 0.109. The van der Waals surface area contributed by atoms with Gasteiger partial charge in [0, 0.05) is 29.3 Å². The molecule has 0 saturated carbocycles. The highest BCUT2D eigenvalue weighted by Crippen LogP contribution is 2.44. The predicted molar refractivity (Wildman–Crippen MR) is 192 cm³/mol. The number of benzene rings is 2. The fourth-order valence-corrected chi connectivity index (χ4v) is 8.50. The fourth-order valence-electron chi connectivity index (χ4n) is 4.89. The first-order valence-electron chi connectivity index (χ1n) is 14.3. The zero-order valence-corrected chi connectivity index (χ0v) is 28.0. The van der Waals surface area contributed by atoms with Crippen LogP contribution in [0, 0.1) is 59.2 Å². The van der Waals surface area contributed by atoms with Crippen molar-refractivity contribution in [2.75, 3.05) is 6.61 Å². The van der Waals surface area contributed by atoms with Crippen molar-refractivity contribution in [3.63, 3.8) is 0 Å². The van der Waals surface area contributed by atoms with Gasteiger partial charge in [0.2, 0.25) is 5.89 Å². The van der Waals surface area contributed by atoms with Gasteiger partial charge >= 0.3 is 0 Å². The second kappa shape index (κ2) is 13.7. The highest BCUT2D eigenvalue weighted by molar-refractivity contribution is 7.27. The van der Waals surface area contributed by atoms with Crippen molar-refractivity contribution < 1.29 is 9.15 Å². The van der Waals surface area contributed by atoms with E-state index >= 15 is 0 Å². The van der Waals surface area contributed by atoms with E-state index in [1.165, 1.54) is 0 Å². The highest BCUT2D eigenvalue weighted by atomic mass is 32.1. The number of ether oxygens (including phenoxy) is 1. The molecule has 0 bridgehead atoms. The maximum Gasteiger partial charge on any atom is 0.238 e. The lowest BCUT2D eigenvalue weighted by atomic mass is 10.2. The number of nitriles is 4. The third kappa shape index (κ3) is 6.57. The first kappa shape index (κ1) is 31.9. The number of fused-ring (bicyclic) bond motifs is 1. The van der Waals surface area contributed by atoms with E-state index in [1.807, 2.05) is 19.1 Å². The van der Waals surface area contributed by atoms with Gasteiger partial charge in [-0.05, 0) is 105 Å². The van der Waals surface area contributed by atoms with Gasteiger partial charge in [-0.2, -0.15) is 21.0 Å². The molecule has 0 atom stereocenters. The van der Waals surface area contributed by atoms with Gasteiger partial charge in [-0.15, -0.1) is 34.0 Å². The number of hydrogen-bond donors (Lipinski definition) is 0. The van der Waals surface area contributed by atoms with Crippen LogP contribution in [0.15, 0.2) is 75.6 Å². The molecule has 0 unspecified atom stereocenters. The second-order valence-corrected chi connectivity index (χ2v) is 13.7. The molecular formula is C37H22N6O2S3. The summed E-state index contributed by atoms with van der Waals surface area (Å²) >= 11 is 4.89. The van der Waals surface area contributed by atoms with Crippen molar-refractivity contribution in [2.45, 2.75) is 13.8 Å².